The molecule has 122 valence electrons. The largest absolute Gasteiger partial charge is 0.328 e. The summed E-state index contributed by atoms with van der Waals surface area (Å²) in [6.07, 6.45) is 4.49. The molecule has 0 bridgehead atoms. The van der Waals surface area contributed by atoms with E-state index in [2.05, 4.69) is 20.1 Å². The van der Waals surface area contributed by atoms with Gasteiger partial charge < -0.3 is 15.6 Å². The predicted molar refractivity (Wildman–Crippen MR) is 89.9 cm³/mol. The highest BCUT2D eigenvalue weighted by Crippen LogP contribution is 2.24. The summed E-state index contributed by atoms with van der Waals surface area (Å²) in [6.45, 7) is 2.88. The zero-order valence-electron chi connectivity index (χ0n) is 13.5. The fourth-order valence-electron chi connectivity index (χ4n) is 2.81. The number of anilines is 1. The number of aryl methyl sites for hydroxylation is 1. The van der Waals surface area contributed by atoms with Gasteiger partial charge in [0, 0.05) is 36.7 Å². The highest BCUT2D eigenvalue weighted by Gasteiger charge is 2.16. The Morgan fingerprint density at radius 2 is 2.09 bits per heavy atom. The summed E-state index contributed by atoms with van der Waals surface area (Å²) in [7, 11) is 0. The number of fused-ring (bicyclic) bond motifs is 1. The number of hydrogen-bond donors (Lipinski definition) is 2. The lowest BCUT2D eigenvalue weighted by molar-refractivity contribution is -0.116. The Labute approximate surface area is 136 Å². The van der Waals surface area contributed by atoms with Crippen LogP contribution in [0.4, 0.5) is 5.69 Å². The molecule has 2 aromatic rings. The van der Waals surface area contributed by atoms with E-state index in [0.717, 1.165) is 35.9 Å². The first-order valence-electron chi connectivity index (χ1n) is 8.21. The normalized spacial score (nSPS) is 15.0. The van der Waals surface area contributed by atoms with Gasteiger partial charge in [-0.1, -0.05) is 0 Å². The number of rotatable bonds is 5. The first-order chi connectivity index (χ1) is 11.1. The van der Waals surface area contributed by atoms with Gasteiger partial charge in [-0.05, 0) is 50.5 Å². The van der Waals surface area contributed by atoms with E-state index >= 15 is 0 Å². The van der Waals surface area contributed by atoms with Crippen LogP contribution < -0.4 is 11.1 Å². The summed E-state index contributed by atoms with van der Waals surface area (Å²) in [6, 6.07) is 7.81. The van der Waals surface area contributed by atoms with Crippen molar-refractivity contribution < 1.29 is 4.79 Å². The molecule has 1 aliphatic rings. The maximum atomic E-state index is 11.8. The molecule has 2 heterocycles. The maximum Gasteiger partial charge on any atom is 0.224 e. The van der Waals surface area contributed by atoms with Gasteiger partial charge in [0.2, 0.25) is 5.91 Å². The number of nitrogens with two attached hydrogens (primary N) is 1. The molecule has 1 aliphatic heterocycles. The molecule has 0 fully saturated rings. The number of carbonyl (C=O) groups excluding carboxylic acids is 1. The summed E-state index contributed by atoms with van der Waals surface area (Å²) in [5.74, 6) is 1.98. The number of hydrogen-bond acceptors (Lipinski definition) is 4. The van der Waals surface area contributed by atoms with E-state index in [9.17, 15) is 4.79 Å². The maximum absolute atomic E-state index is 11.8. The summed E-state index contributed by atoms with van der Waals surface area (Å²) >= 11 is 0. The quantitative estimate of drug-likeness (QED) is 0.887. The van der Waals surface area contributed by atoms with E-state index in [4.69, 9.17) is 5.73 Å². The average Bonchev–Trinajstić information content (AvgIpc) is 2.98. The van der Waals surface area contributed by atoms with Crippen LogP contribution in [0, 0.1) is 0 Å². The lowest BCUT2D eigenvalue weighted by atomic mass is 10.1. The third kappa shape index (κ3) is 3.76. The fraction of sp³-hybridized carbons (Fsp3) is 0.471. The SMILES string of the molecule is CC(N)CCC(=O)Nc1ccc(-c2nnc3n2CCCC3)cc1. The van der Waals surface area contributed by atoms with E-state index in [0.29, 0.717) is 12.8 Å². The molecule has 0 saturated carbocycles. The van der Waals surface area contributed by atoms with Gasteiger partial charge in [-0.15, -0.1) is 10.2 Å². The minimum Gasteiger partial charge on any atom is -0.328 e. The van der Waals surface area contributed by atoms with Crippen LogP contribution in [0.1, 0.15) is 38.4 Å². The Balaban J connectivity index is 1.68. The van der Waals surface area contributed by atoms with Crippen molar-refractivity contribution in [1.29, 1.82) is 0 Å². The van der Waals surface area contributed by atoms with Crippen LogP contribution >= 0.6 is 0 Å². The summed E-state index contributed by atoms with van der Waals surface area (Å²) < 4.78 is 2.19. The van der Waals surface area contributed by atoms with Gasteiger partial charge in [0.1, 0.15) is 5.82 Å². The number of nitrogens with zero attached hydrogens (tertiary/aromatic N) is 3. The molecule has 0 saturated heterocycles. The third-order valence-corrected chi connectivity index (χ3v) is 4.11. The lowest BCUT2D eigenvalue weighted by Crippen LogP contribution is -2.19. The molecule has 1 aromatic carbocycles. The molecule has 0 radical (unpaired) electrons. The van der Waals surface area contributed by atoms with Gasteiger partial charge in [0.05, 0.1) is 0 Å². The Morgan fingerprint density at radius 1 is 1.30 bits per heavy atom. The van der Waals surface area contributed by atoms with Crippen molar-refractivity contribution >= 4 is 11.6 Å². The Bertz CT molecular complexity index is 675. The minimum absolute atomic E-state index is 0.00472. The van der Waals surface area contributed by atoms with E-state index < -0.39 is 0 Å². The molecule has 3 N–H and O–H groups in total. The summed E-state index contributed by atoms with van der Waals surface area (Å²) in [5, 5.41) is 11.5. The zero-order chi connectivity index (χ0) is 16.2. The molecule has 1 aromatic heterocycles. The molecule has 6 nitrogen and oxygen atoms in total. The number of carbonyl (C=O) groups is 1. The smallest absolute Gasteiger partial charge is 0.224 e. The van der Waals surface area contributed by atoms with Crippen LogP contribution in [0.15, 0.2) is 24.3 Å². The Morgan fingerprint density at radius 3 is 2.83 bits per heavy atom. The van der Waals surface area contributed by atoms with Gasteiger partial charge in [-0.2, -0.15) is 0 Å². The van der Waals surface area contributed by atoms with Crippen molar-refractivity contribution in [2.75, 3.05) is 5.32 Å². The first kappa shape index (κ1) is 15.7. The van der Waals surface area contributed by atoms with Crippen molar-refractivity contribution in [2.45, 2.75) is 51.6 Å². The van der Waals surface area contributed by atoms with Gasteiger partial charge >= 0.3 is 0 Å². The summed E-state index contributed by atoms with van der Waals surface area (Å²) in [4.78, 5) is 11.8. The van der Waals surface area contributed by atoms with E-state index in [1.165, 1.54) is 12.8 Å². The number of nitrogens with one attached hydrogen (secondary N) is 1. The second-order valence-corrected chi connectivity index (χ2v) is 6.19. The van der Waals surface area contributed by atoms with Crippen LogP contribution in [0.3, 0.4) is 0 Å². The lowest BCUT2D eigenvalue weighted by Gasteiger charge is -2.14. The monoisotopic (exact) mass is 313 g/mol. The number of aromatic nitrogens is 3. The van der Waals surface area contributed by atoms with Crippen molar-refractivity contribution in [3.8, 4) is 11.4 Å². The van der Waals surface area contributed by atoms with Crippen molar-refractivity contribution in [1.82, 2.24) is 14.8 Å². The van der Waals surface area contributed by atoms with E-state index in [-0.39, 0.29) is 11.9 Å². The van der Waals surface area contributed by atoms with Gasteiger partial charge in [0.25, 0.3) is 0 Å². The average molecular weight is 313 g/mol. The predicted octanol–water partition coefficient (Wildman–Crippen LogP) is 2.35. The second kappa shape index (κ2) is 6.91. The van der Waals surface area contributed by atoms with Crippen molar-refractivity contribution in [3.05, 3.63) is 30.1 Å². The Kier molecular flexibility index (Phi) is 4.71. The molecule has 1 amide bonds. The molecule has 1 atom stereocenters. The van der Waals surface area contributed by atoms with Crippen LogP contribution in [0.25, 0.3) is 11.4 Å². The highest BCUT2D eigenvalue weighted by molar-refractivity contribution is 5.90. The van der Waals surface area contributed by atoms with Crippen LogP contribution in [-0.4, -0.2) is 26.7 Å². The van der Waals surface area contributed by atoms with Gasteiger partial charge in [0.15, 0.2) is 5.82 Å². The van der Waals surface area contributed by atoms with Gasteiger partial charge in [-0.25, -0.2) is 0 Å². The Hall–Kier alpha value is -2.21. The number of amides is 1. The minimum atomic E-state index is -0.00472. The first-order valence-corrected chi connectivity index (χ1v) is 8.21. The topological polar surface area (TPSA) is 85.8 Å². The zero-order valence-corrected chi connectivity index (χ0v) is 13.5. The molecule has 6 heteroatoms. The van der Waals surface area contributed by atoms with Crippen LogP contribution in [0.5, 0.6) is 0 Å². The molecular weight excluding hydrogens is 290 g/mol. The highest BCUT2D eigenvalue weighted by atomic mass is 16.1. The molecule has 0 spiro atoms. The van der Waals surface area contributed by atoms with Crippen LogP contribution in [-0.2, 0) is 17.8 Å². The van der Waals surface area contributed by atoms with Crippen molar-refractivity contribution in [2.24, 2.45) is 5.73 Å². The second-order valence-electron chi connectivity index (χ2n) is 6.19. The van der Waals surface area contributed by atoms with E-state index in [1.54, 1.807) is 0 Å². The standard InChI is InChI=1S/C17H23N5O/c1-12(18)5-10-16(23)19-14-8-6-13(7-9-14)17-21-20-15-4-2-3-11-22(15)17/h6-9,12H,2-5,10-11,18H2,1H3,(H,19,23). The number of benzene rings is 1. The molecule has 3 rings (SSSR count). The molecule has 23 heavy (non-hydrogen) atoms. The summed E-state index contributed by atoms with van der Waals surface area (Å²) in [5.41, 5.74) is 7.49. The molecule has 1 unspecified atom stereocenters. The third-order valence-electron chi connectivity index (χ3n) is 4.11. The van der Waals surface area contributed by atoms with Gasteiger partial charge in [-0.3, -0.25) is 4.79 Å². The molecule has 0 aliphatic carbocycles. The van der Waals surface area contributed by atoms with E-state index in [1.807, 2.05) is 31.2 Å². The fourth-order valence-corrected chi connectivity index (χ4v) is 2.81. The molecular formula is C17H23N5O. The van der Waals surface area contributed by atoms with Crippen LogP contribution in [0.2, 0.25) is 0 Å². The van der Waals surface area contributed by atoms with Crippen molar-refractivity contribution in [3.63, 3.8) is 0 Å².